The zero-order chi connectivity index (χ0) is 25.1. The molecule has 0 heterocycles. The number of Topliss-reactive ketones (excluding diaryl/α,β-unsaturated/α-hetero) is 2. The fourth-order valence-electron chi connectivity index (χ4n) is 5.02. The molecule has 0 amide bonds. The van der Waals surface area contributed by atoms with E-state index in [0.717, 1.165) is 38.5 Å². The lowest BCUT2D eigenvalue weighted by molar-refractivity contribution is -0.133. The number of unbranched alkanes of at least 4 members (excludes halogenated alkanes) is 20. The highest BCUT2D eigenvalue weighted by molar-refractivity contribution is 6.02. The molecule has 0 spiro atoms. The molecule has 0 saturated heterocycles. The lowest BCUT2D eigenvalue weighted by Crippen LogP contribution is -2.24. The van der Waals surface area contributed by atoms with Gasteiger partial charge < -0.3 is 0 Å². The van der Waals surface area contributed by atoms with Crippen molar-refractivity contribution in [2.45, 2.75) is 188 Å². The molecule has 0 aromatic carbocycles. The summed E-state index contributed by atoms with van der Waals surface area (Å²) in [6.45, 7) is 6.76. The van der Waals surface area contributed by atoms with Crippen molar-refractivity contribution >= 4 is 11.6 Å². The first-order valence-corrected chi connectivity index (χ1v) is 15.7. The molecule has 0 bridgehead atoms. The molecule has 1 atom stereocenters. The summed E-state index contributed by atoms with van der Waals surface area (Å²) in [6, 6.07) is 0. The summed E-state index contributed by atoms with van der Waals surface area (Å²) in [5.41, 5.74) is 0. The number of hydrogen-bond donors (Lipinski definition) is 0. The highest BCUT2D eigenvalue weighted by atomic mass is 16.1. The van der Waals surface area contributed by atoms with E-state index in [4.69, 9.17) is 0 Å². The van der Waals surface area contributed by atoms with Crippen LogP contribution in [0.5, 0.6) is 0 Å². The zero-order valence-corrected chi connectivity index (χ0v) is 23.8. The van der Waals surface area contributed by atoms with Crippen LogP contribution in [0.25, 0.3) is 0 Å². The molecular weight excluding hydrogens is 416 g/mol. The van der Waals surface area contributed by atoms with Gasteiger partial charge in [0.15, 0.2) is 0 Å². The van der Waals surface area contributed by atoms with E-state index < -0.39 is 0 Å². The fraction of sp³-hybridized carbons (Fsp3) is 0.938. The summed E-state index contributed by atoms with van der Waals surface area (Å²) in [4.78, 5) is 25.9. The smallest absolute Gasteiger partial charge is 0.143 e. The molecule has 2 nitrogen and oxygen atoms in total. The maximum Gasteiger partial charge on any atom is 0.143 e. The summed E-state index contributed by atoms with van der Waals surface area (Å²) >= 11 is 0. The van der Waals surface area contributed by atoms with E-state index in [0.29, 0.717) is 12.8 Å². The van der Waals surface area contributed by atoms with Crippen LogP contribution in [0.4, 0.5) is 0 Å². The SMILES string of the molecule is CCCCCCCCCCCC(=O)C(CCCCCCCC)C(=O)CCCCCCCCCC. The van der Waals surface area contributed by atoms with Gasteiger partial charge in [-0.2, -0.15) is 0 Å². The number of carbonyl (C=O) groups is 2. The van der Waals surface area contributed by atoms with Crippen molar-refractivity contribution in [3.63, 3.8) is 0 Å². The summed E-state index contributed by atoms with van der Waals surface area (Å²) in [5, 5.41) is 0. The standard InChI is InChI=1S/C32H62O2/c1-4-7-10-13-16-18-20-23-26-29-32(34)30(27-24-21-15-12-9-6-3)31(33)28-25-22-19-17-14-11-8-5-2/h30H,4-29H2,1-3H3. The maximum atomic E-state index is 13.0. The minimum Gasteiger partial charge on any atom is -0.299 e. The van der Waals surface area contributed by atoms with E-state index in [1.165, 1.54) is 116 Å². The summed E-state index contributed by atoms with van der Waals surface area (Å²) in [6.07, 6.45) is 30.8. The predicted molar refractivity (Wildman–Crippen MR) is 151 cm³/mol. The van der Waals surface area contributed by atoms with Gasteiger partial charge in [-0.1, -0.05) is 156 Å². The molecule has 0 aliphatic carbocycles. The predicted octanol–water partition coefficient (Wildman–Crippen LogP) is 10.9. The van der Waals surface area contributed by atoms with E-state index >= 15 is 0 Å². The van der Waals surface area contributed by atoms with Gasteiger partial charge in [0.05, 0.1) is 5.92 Å². The van der Waals surface area contributed by atoms with E-state index in [9.17, 15) is 9.59 Å². The summed E-state index contributed by atoms with van der Waals surface area (Å²) in [7, 11) is 0. The van der Waals surface area contributed by atoms with E-state index in [2.05, 4.69) is 20.8 Å². The molecule has 0 aliphatic heterocycles. The third-order valence-corrected chi connectivity index (χ3v) is 7.43. The Hall–Kier alpha value is -0.660. The number of hydrogen-bond acceptors (Lipinski definition) is 2. The highest BCUT2D eigenvalue weighted by Gasteiger charge is 2.24. The lowest BCUT2D eigenvalue weighted by Gasteiger charge is -2.15. The van der Waals surface area contributed by atoms with Gasteiger partial charge in [0.25, 0.3) is 0 Å². The molecule has 0 saturated carbocycles. The molecule has 0 fully saturated rings. The number of ketones is 2. The molecule has 202 valence electrons. The molecule has 2 heteroatoms. The monoisotopic (exact) mass is 478 g/mol. The number of carbonyl (C=O) groups excluding carboxylic acids is 2. The second kappa shape index (κ2) is 26.9. The molecule has 1 unspecified atom stereocenters. The highest BCUT2D eigenvalue weighted by Crippen LogP contribution is 2.21. The molecule has 0 aromatic rings. The molecule has 34 heavy (non-hydrogen) atoms. The zero-order valence-electron chi connectivity index (χ0n) is 23.8. The van der Waals surface area contributed by atoms with Gasteiger partial charge in [-0.3, -0.25) is 9.59 Å². The minimum absolute atomic E-state index is 0.250. The second-order valence-corrected chi connectivity index (χ2v) is 10.8. The van der Waals surface area contributed by atoms with Crippen LogP contribution in [-0.4, -0.2) is 11.6 Å². The van der Waals surface area contributed by atoms with Crippen molar-refractivity contribution in [2.75, 3.05) is 0 Å². The van der Waals surface area contributed by atoms with Gasteiger partial charge in [0, 0.05) is 12.8 Å². The van der Waals surface area contributed by atoms with E-state index in [1.807, 2.05) is 0 Å². The van der Waals surface area contributed by atoms with Crippen LogP contribution < -0.4 is 0 Å². The van der Waals surface area contributed by atoms with Gasteiger partial charge in [0.2, 0.25) is 0 Å². The molecule has 0 N–H and O–H groups in total. The Bertz CT molecular complexity index is 442. The Balaban J connectivity index is 4.21. The average Bonchev–Trinajstić information content (AvgIpc) is 2.84. The minimum atomic E-state index is -0.301. The van der Waals surface area contributed by atoms with Crippen molar-refractivity contribution in [3.05, 3.63) is 0 Å². The quantitative estimate of drug-likeness (QED) is 0.0827. The van der Waals surface area contributed by atoms with Crippen molar-refractivity contribution in [3.8, 4) is 0 Å². The van der Waals surface area contributed by atoms with E-state index in [1.54, 1.807) is 0 Å². The van der Waals surface area contributed by atoms with Crippen molar-refractivity contribution in [2.24, 2.45) is 5.92 Å². The first-order chi connectivity index (χ1) is 16.7. The molecule has 0 aromatic heterocycles. The van der Waals surface area contributed by atoms with Crippen molar-refractivity contribution < 1.29 is 9.59 Å². The maximum absolute atomic E-state index is 13.0. The van der Waals surface area contributed by atoms with Crippen LogP contribution in [0.3, 0.4) is 0 Å². The normalized spacial score (nSPS) is 12.2. The van der Waals surface area contributed by atoms with Crippen LogP contribution >= 0.6 is 0 Å². The third-order valence-electron chi connectivity index (χ3n) is 7.43. The molecule has 0 rings (SSSR count). The van der Waals surface area contributed by atoms with Gasteiger partial charge in [-0.05, 0) is 19.3 Å². The largest absolute Gasteiger partial charge is 0.299 e. The van der Waals surface area contributed by atoms with Gasteiger partial charge in [-0.25, -0.2) is 0 Å². The van der Waals surface area contributed by atoms with Crippen LogP contribution in [0.15, 0.2) is 0 Å². The van der Waals surface area contributed by atoms with Crippen LogP contribution in [-0.2, 0) is 9.59 Å². The average molecular weight is 479 g/mol. The molecular formula is C32H62O2. The Labute approximate surface area is 214 Å². The third kappa shape index (κ3) is 21.8. The Kier molecular flexibility index (Phi) is 26.4. The van der Waals surface area contributed by atoms with Gasteiger partial charge in [0.1, 0.15) is 11.6 Å². The molecule has 0 radical (unpaired) electrons. The summed E-state index contributed by atoms with van der Waals surface area (Å²) in [5.74, 6) is 0.200. The second-order valence-electron chi connectivity index (χ2n) is 10.8. The Morgan fingerprint density at radius 2 is 0.647 bits per heavy atom. The Morgan fingerprint density at radius 3 is 0.971 bits per heavy atom. The van der Waals surface area contributed by atoms with Crippen LogP contribution in [0.1, 0.15) is 188 Å². The lowest BCUT2D eigenvalue weighted by atomic mass is 9.87. The topological polar surface area (TPSA) is 34.1 Å². The van der Waals surface area contributed by atoms with E-state index in [-0.39, 0.29) is 17.5 Å². The van der Waals surface area contributed by atoms with Crippen molar-refractivity contribution in [1.29, 1.82) is 0 Å². The Morgan fingerprint density at radius 1 is 0.382 bits per heavy atom. The molecule has 0 aliphatic rings. The summed E-state index contributed by atoms with van der Waals surface area (Å²) < 4.78 is 0. The first kappa shape index (κ1) is 33.3. The fourth-order valence-corrected chi connectivity index (χ4v) is 5.02. The van der Waals surface area contributed by atoms with Crippen LogP contribution in [0.2, 0.25) is 0 Å². The van der Waals surface area contributed by atoms with Crippen LogP contribution in [0, 0.1) is 5.92 Å². The first-order valence-electron chi connectivity index (χ1n) is 15.7. The van der Waals surface area contributed by atoms with Gasteiger partial charge in [-0.15, -0.1) is 0 Å². The number of rotatable bonds is 28. The van der Waals surface area contributed by atoms with Gasteiger partial charge >= 0.3 is 0 Å². The van der Waals surface area contributed by atoms with Crippen molar-refractivity contribution in [1.82, 2.24) is 0 Å².